The third kappa shape index (κ3) is 4.82. The van der Waals surface area contributed by atoms with Crippen molar-refractivity contribution in [3.63, 3.8) is 0 Å². The van der Waals surface area contributed by atoms with E-state index in [9.17, 15) is 0 Å². The molecule has 0 saturated carbocycles. The quantitative estimate of drug-likeness (QED) is 0.746. The molecule has 2 aromatic rings. The molecule has 0 amide bonds. The smallest absolute Gasteiger partial charge is 0.130 e. The molecule has 0 aliphatic heterocycles. The van der Waals surface area contributed by atoms with Gasteiger partial charge in [-0.1, -0.05) is 43.7 Å². The monoisotopic (exact) mass is 284 g/mol. The molecule has 0 aliphatic rings. The fraction of sp³-hybridized carbons (Fsp3) is 0.368. The molecule has 0 heterocycles. The van der Waals surface area contributed by atoms with E-state index in [4.69, 9.17) is 9.47 Å². The fourth-order valence-corrected chi connectivity index (χ4v) is 2.05. The van der Waals surface area contributed by atoms with E-state index in [1.54, 1.807) is 0 Å². The maximum atomic E-state index is 5.87. The van der Waals surface area contributed by atoms with Crippen LogP contribution in [-0.2, 0) is 0 Å². The molecule has 1 atom stereocenters. The molecule has 1 unspecified atom stereocenters. The highest BCUT2D eigenvalue weighted by molar-refractivity contribution is 5.29. The first kappa shape index (κ1) is 15.4. The summed E-state index contributed by atoms with van der Waals surface area (Å²) in [7, 11) is 0. The lowest BCUT2D eigenvalue weighted by Gasteiger charge is -2.16. The van der Waals surface area contributed by atoms with Crippen LogP contribution < -0.4 is 9.47 Å². The molecule has 2 aromatic carbocycles. The predicted octanol–water partition coefficient (Wildman–Crippen LogP) is 4.96. The van der Waals surface area contributed by atoms with E-state index >= 15 is 0 Å². The van der Waals surface area contributed by atoms with Crippen LogP contribution in [-0.4, -0.2) is 12.7 Å². The van der Waals surface area contributed by atoms with Gasteiger partial charge in [-0.15, -0.1) is 0 Å². The van der Waals surface area contributed by atoms with Crippen molar-refractivity contribution in [1.29, 1.82) is 0 Å². The summed E-state index contributed by atoms with van der Waals surface area (Å²) in [6, 6.07) is 16.4. The predicted molar refractivity (Wildman–Crippen MR) is 87.3 cm³/mol. The van der Waals surface area contributed by atoms with Crippen LogP contribution in [0.15, 0.2) is 48.5 Å². The van der Waals surface area contributed by atoms with Crippen LogP contribution in [0.25, 0.3) is 0 Å². The third-order valence-corrected chi connectivity index (χ3v) is 3.39. The minimum atomic E-state index is 0.0104. The second-order valence-corrected chi connectivity index (χ2v) is 5.78. The van der Waals surface area contributed by atoms with Gasteiger partial charge in [0.25, 0.3) is 0 Å². The standard InChI is InChI=1S/C19H24O2/c1-14(2)17-7-11-19(12-8-17)21-16(4)13-20-18-9-5-15(3)6-10-18/h5-12,14,16H,13H2,1-4H3. The first-order valence-corrected chi connectivity index (χ1v) is 7.50. The lowest BCUT2D eigenvalue weighted by Crippen LogP contribution is -2.21. The van der Waals surface area contributed by atoms with E-state index in [0.717, 1.165) is 11.5 Å². The highest BCUT2D eigenvalue weighted by Crippen LogP contribution is 2.19. The van der Waals surface area contributed by atoms with Gasteiger partial charge in [-0.25, -0.2) is 0 Å². The van der Waals surface area contributed by atoms with Gasteiger partial charge in [0.1, 0.15) is 24.2 Å². The lowest BCUT2D eigenvalue weighted by atomic mass is 10.0. The third-order valence-electron chi connectivity index (χ3n) is 3.39. The van der Waals surface area contributed by atoms with Crippen molar-refractivity contribution in [2.75, 3.05) is 6.61 Å². The van der Waals surface area contributed by atoms with Crippen molar-refractivity contribution in [2.24, 2.45) is 0 Å². The molecule has 0 fully saturated rings. The fourth-order valence-electron chi connectivity index (χ4n) is 2.05. The SMILES string of the molecule is Cc1ccc(OCC(C)Oc2ccc(C(C)C)cc2)cc1. The van der Waals surface area contributed by atoms with E-state index in [0.29, 0.717) is 12.5 Å². The Bertz CT molecular complexity index is 541. The van der Waals surface area contributed by atoms with Crippen LogP contribution in [0, 0.1) is 6.92 Å². The number of aryl methyl sites for hydroxylation is 1. The van der Waals surface area contributed by atoms with Crippen LogP contribution in [0.2, 0.25) is 0 Å². The zero-order valence-electron chi connectivity index (χ0n) is 13.3. The minimum absolute atomic E-state index is 0.0104. The van der Waals surface area contributed by atoms with Gasteiger partial charge in [-0.3, -0.25) is 0 Å². The second kappa shape index (κ2) is 7.16. The first-order valence-electron chi connectivity index (χ1n) is 7.50. The molecular weight excluding hydrogens is 260 g/mol. The summed E-state index contributed by atoms with van der Waals surface area (Å²) in [6.45, 7) is 9.00. The Morgan fingerprint density at radius 1 is 0.810 bits per heavy atom. The summed E-state index contributed by atoms with van der Waals surface area (Å²) in [4.78, 5) is 0. The number of rotatable bonds is 6. The molecule has 0 saturated heterocycles. The first-order chi connectivity index (χ1) is 10.0. The van der Waals surface area contributed by atoms with Crippen molar-refractivity contribution >= 4 is 0 Å². The van der Waals surface area contributed by atoms with E-state index in [2.05, 4.69) is 32.9 Å². The van der Waals surface area contributed by atoms with E-state index < -0.39 is 0 Å². The molecule has 0 aromatic heterocycles. The highest BCUT2D eigenvalue weighted by atomic mass is 16.5. The second-order valence-electron chi connectivity index (χ2n) is 5.78. The van der Waals surface area contributed by atoms with Gasteiger partial charge >= 0.3 is 0 Å². The van der Waals surface area contributed by atoms with Gasteiger partial charge in [-0.05, 0) is 49.6 Å². The van der Waals surface area contributed by atoms with Crippen LogP contribution >= 0.6 is 0 Å². The number of ether oxygens (including phenoxy) is 2. The highest BCUT2D eigenvalue weighted by Gasteiger charge is 2.06. The Kier molecular flexibility index (Phi) is 5.26. The summed E-state index contributed by atoms with van der Waals surface area (Å²) >= 11 is 0. The zero-order valence-corrected chi connectivity index (χ0v) is 13.3. The minimum Gasteiger partial charge on any atom is -0.490 e. The summed E-state index contributed by atoms with van der Waals surface area (Å²) in [5, 5.41) is 0. The van der Waals surface area contributed by atoms with Crippen LogP contribution in [0.5, 0.6) is 11.5 Å². The average molecular weight is 284 g/mol. The summed E-state index contributed by atoms with van der Waals surface area (Å²) in [5.41, 5.74) is 2.56. The Morgan fingerprint density at radius 2 is 1.38 bits per heavy atom. The van der Waals surface area contributed by atoms with Gasteiger partial charge < -0.3 is 9.47 Å². The van der Waals surface area contributed by atoms with Gasteiger partial charge in [-0.2, -0.15) is 0 Å². The van der Waals surface area contributed by atoms with Gasteiger partial charge in [0.05, 0.1) is 0 Å². The van der Waals surface area contributed by atoms with Gasteiger partial charge in [0.15, 0.2) is 0 Å². The average Bonchev–Trinajstić information content (AvgIpc) is 2.47. The molecule has 0 spiro atoms. The summed E-state index contributed by atoms with van der Waals surface area (Å²) < 4.78 is 11.6. The molecule has 0 aliphatic carbocycles. The van der Waals surface area contributed by atoms with Crippen LogP contribution in [0.3, 0.4) is 0 Å². The molecule has 0 radical (unpaired) electrons. The van der Waals surface area contributed by atoms with Crippen molar-refractivity contribution < 1.29 is 9.47 Å². The molecular formula is C19H24O2. The van der Waals surface area contributed by atoms with Crippen molar-refractivity contribution in [2.45, 2.75) is 39.7 Å². The Balaban J connectivity index is 1.83. The Morgan fingerprint density at radius 3 is 1.95 bits per heavy atom. The number of hydrogen-bond acceptors (Lipinski definition) is 2. The maximum Gasteiger partial charge on any atom is 0.130 e. The lowest BCUT2D eigenvalue weighted by molar-refractivity contribution is 0.143. The topological polar surface area (TPSA) is 18.5 Å². The Labute approximate surface area is 127 Å². The van der Waals surface area contributed by atoms with Crippen LogP contribution in [0.4, 0.5) is 0 Å². The summed E-state index contributed by atoms with van der Waals surface area (Å²) in [6.07, 6.45) is 0.0104. The van der Waals surface area contributed by atoms with Crippen molar-refractivity contribution in [3.05, 3.63) is 59.7 Å². The number of hydrogen-bond donors (Lipinski definition) is 0. The maximum absolute atomic E-state index is 5.87. The van der Waals surface area contributed by atoms with Crippen molar-refractivity contribution in [3.8, 4) is 11.5 Å². The largest absolute Gasteiger partial charge is 0.490 e. The van der Waals surface area contributed by atoms with E-state index in [1.807, 2.05) is 43.3 Å². The molecule has 0 bridgehead atoms. The van der Waals surface area contributed by atoms with Gasteiger partial charge in [0, 0.05) is 0 Å². The molecule has 2 nitrogen and oxygen atoms in total. The Hall–Kier alpha value is -1.96. The van der Waals surface area contributed by atoms with Crippen LogP contribution in [0.1, 0.15) is 37.8 Å². The number of benzene rings is 2. The molecule has 0 N–H and O–H groups in total. The molecule has 21 heavy (non-hydrogen) atoms. The van der Waals surface area contributed by atoms with Crippen molar-refractivity contribution in [1.82, 2.24) is 0 Å². The molecule has 2 heteroatoms. The van der Waals surface area contributed by atoms with E-state index in [1.165, 1.54) is 11.1 Å². The molecule has 2 rings (SSSR count). The summed E-state index contributed by atoms with van der Waals surface area (Å²) in [5.74, 6) is 2.31. The van der Waals surface area contributed by atoms with E-state index in [-0.39, 0.29) is 6.10 Å². The molecule has 112 valence electrons. The normalized spacial score (nSPS) is 12.2. The zero-order chi connectivity index (χ0) is 15.2. The van der Waals surface area contributed by atoms with Gasteiger partial charge in [0.2, 0.25) is 0 Å².